The number of aromatic nitrogens is 1. The van der Waals surface area contributed by atoms with Gasteiger partial charge in [0.15, 0.2) is 0 Å². The average Bonchev–Trinajstić information content (AvgIpc) is 2.51. The molecule has 0 aliphatic heterocycles. The molecule has 6 nitrogen and oxygen atoms in total. The first-order valence-electron chi connectivity index (χ1n) is 6.41. The standard InChI is InChI=1S/C16H14N4O2/c1-3-15(21)20-12-4-5-14(11(7-12)8-17)22-16-13(18)6-10(2)9-19-16/h3-7,9H,1,18H2,2H3,(H,20,21). The number of benzene rings is 1. The smallest absolute Gasteiger partial charge is 0.247 e. The summed E-state index contributed by atoms with van der Waals surface area (Å²) in [6.07, 6.45) is 2.77. The Hall–Kier alpha value is -3.33. The summed E-state index contributed by atoms with van der Waals surface area (Å²) < 4.78 is 5.58. The maximum atomic E-state index is 11.3. The van der Waals surface area contributed by atoms with Crippen LogP contribution in [0.2, 0.25) is 0 Å². The highest BCUT2D eigenvalue weighted by atomic mass is 16.5. The van der Waals surface area contributed by atoms with Gasteiger partial charge in [0.2, 0.25) is 11.8 Å². The molecule has 0 saturated carbocycles. The van der Waals surface area contributed by atoms with E-state index in [1.807, 2.05) is 13.0 Å². The third kappa shape index (κ3) is 3.41. The van der Waals surface area contributed by atoms with E-state index in [1.54, 1.807) is 24.4 Å². The van der Waals surface area contributed by atoms with Crippen LogP contribution in [0, 0.1) is 18.3 Å². The highest BCUT2D eigenvalue weighted by Gasteiger charge is 2.10. The molecule has 22 heavy (non-hydrogen) atoms. The van der Waals surface area contributed by atoms with E-state index < -0.39 is 0 Å². The highest BCUT2D eigenvalue weighted by molar-refractivity contribution is 5.99. The van der Waals surface area contributed by atoms with Gasteiger partial charge in [0.25, 0.3) is 0 Å². The molecule has 0 aliphatic carbocycles. The van der Waals surface area contributed by atoms with Crippen molar-refractivity contribution in [3.63, 3.8) is 0 Å². The molecule has 1 aromatic heterocycles. The lowest BCUT2D eigenvalue weighted by molar-refractivity contribution is -0.111. The molecular weight excluding hydrogens is 280 g/mol. The van der Waals surface area contributed by atoms with Crippen molar-refractivity contribution in [1.82, 2.24) is 4.98 Å². The number of nitrogens with two attached hydrogens (primary N) is 1. The molecule has 3 N–H and O–H groups in total. The van der Waals surface area contributed by atoms with Gasteiger partial charge in [-0.2, -0.15) is 5.26 Å². The number of rotatable bonds is 4. The van der Waals surface area contributed by atoms with Gasteiger partial charge >= 0.3 is 0 Å². The van der Waals surface area contributed by atoms with Gasteiger partial charge < -0.3 is 15.8 Å². The molecule has 1 heterocycles. The normalized spacial score (nSPS) is 9.64. The van der Waals surface area contributed by atoms with Crippen LogP contribution >= 0.6 is 0 Å². The Morgan fingerprint density at radius 2 is 2.27 bits per heavy atom. The number of amides is 1. The zero-order valence-electron chi connectivity index (χ0n) is 12.0. The van der Waals surface area contributed by atoms with Crippen LogP contribution in [-0.4, -0.2) is 10.9 Å². The Kier molecular flexibility index (Phi) is 4.39. The fourth-order valence-electron chi connectivity index (χ4n) is 1.75. The summed E-state index contributed by atoms with van der Waals surface area (Å²) >= 11 is 0. The van der Waals surface area contributed by atoms with E-state index in [-0.39, 0.29) is 17.4 Å². The van der Waals surface area contributed by atoms with Crippen molar-refractivity contribution in [1.29, 1.82) is 5.26 Å². The number of ether oxygens (including phenoxy) is 1. The van der Waals surface area contributed by atoms with E-state index in [0.29, 0.717) is 17.1 Å². The Morgan fingerprint density at radius 3 is 2.91 bits per heavy atom. The minimum Gasteiger partial charge on any atom is -0.436 e. The summed E-state index contributed by atoms with van der Waals surface area (Å²) in [7, 11) is 0. The summed E-state index contributed by atoms with van der Waals surface area (Å²) in [5, 5.41) is 11.8. The summed E-state index contributed by atoms with van der Waals surface area (Å²) in [5.74, 6) is 0.175. The Labute approximate surface area is 127 Å². The third-order valence-corrected chi connectivity index (χ3v) is 2.78. The number of nitrogens with one attached hydrogen (secondary N) is 1. The fourth-order valence-corrected chi connectivity index (χ4v) is 1.75. The zero-order valence-corrected chi connectivity index (χ0v) is 12.0. The predicted octanol–water partition coefficient (Wildman–Crippen LogP) is 2.76. The van der Waals surface area contributed by atoms with E-state index in [0.717, 1.165) is 11.6 Å². The first-order chi connectivity index (χ1) is 10.5. The molecule has 2 aromatic rings. The highest BCUT2D eigenvalue weighted by Crippen LogP contribution is 2.29. The second-order valence-corrected chi connectivity index (χ2v) is 4.53. The van der Waals surface area contributed by atoms with Crippen LogP contribution in [-0.2, 0) is 4.79 Å². The molecule has 1 aromatic carbocycles. The topological polar surface area (TPSA) is 101 Å². The number of anilines is 2. The lowest BCUT2D eigenvalue weighted by atomic mass is 10.2. The van der Waals surface area contributed by atoms with Gasteiger partial charge in [-0.1, -0.05) is 6.58 Å². The van der Waals surface area contributed by atoms with Crippen LogP contribution < -0.4 is 15.8 Å². The number of carbonyl (C=O) groups excluding carboxylic acids is 1. The van der Waals surface area contributed by atoms with Crippen molar-refractivity contribution in [2.45, 2.75) is 6.92 Å². The van der Waals surface area contributed by atoms with Crippen molar-refractivity contribution in [3.05, 3.63) is 54.2 Å². The van der Waals surface area contributed by atoms with Gasteiger partial charge in [-0.15, -0.1) is 0 Å². The summed E-state index contributed by atoms with van der Waals surface area (Å²) in [6.45, 7) is 5.23. The molecule has 0 radical (unpaired) electrons. The Balaban J connectivity index is 2.30. The minimum atomic E-state index is -0.359. The molecular formula is C16H14N4O2. The quantitative estimate of drug-likeness (QED) is 0.844. The molecule has 0 bridgehead atoms. The molecule has 0 saturated heterocycles. The van der Waals surface area contributed by atoms with E-state index in [4.69, 9.17) is 10.5 Å². The molecule has 0 spiro atoms. The van der Waals surface area contributed by atoms with E-state index in [9.17, 15) is 10.1 Å². The number of nitriles is 1. The first-order valence-corrected chi connectivity index (χ1v) is 6.41. The number of carbonyl (C=O) groups is 1. The molecule has 1 amide bonds. The predicted molar refractivity (Wildman–Crippen MR) is 83.4 cm³/mol. The van der Waals surface area contributed by atoms with Gasteiger partial charge in [-0.3, -0.25) is 4.79 Å². The molecule has 6 heteroatoms. The Morgan fingerprint density at radius 1 is 1.50 bits per heavy atom. The van der Waals surface area contributed by atoms with Gasteiger partial charge in [0, 0.05) is 11.9 Å². The van der Waals surface area contributed by atoms with Crippen LogP contribution in [0.3, 0.4) is 0 Å². The third-order valence-electron chi connectivity index (χ3n) is 2.78. The Bertz CT molecular complexity index is 778. The number of nitrogen functional groups attached to an aromatic ring is 1. The van der Waals surface area contributed by atoms with Crippen LogP contribution in [0.25, 0.3) is 0 Å². The van der Waals surface area contributed by atoms with E-state index >= 15 is 0 Å². The zero-order chi connectivity index (χ0) is 16.1. The molecule has 0 fully saturated rings. The minimum absolute atomic E-state index is 0.227. The molecule has 0 aliphatic rings. The number of pyridine rings is 1. The molecule has 0 atom stereocenters. The van der Waals surface area contributed by atoms with E-state index in [2.05, 4.69) is 16.9 Å². The van der Waals surface area contributed by atoms with Gasteiger partial charge in [-0.05, 0) is 42.8 Å². The second-order valence-electron chi connectivity index (χ2n) is 4.53. The second kappa shape index (κ2) is 6.41. The van der Waals surface area contributed by atoms with Crippen molar-refractivity contribution in [2.75, 3.05) is 11.1 Å². The maximum absolute atomic E-state index is 11.3. The molecule has 0 unspecified atom stereocenters. The van der Waals surface area contributed by atoms with Crippen molar-refractivity contribution >= 4 is 17.3 Å². The monoisotopic (exact) mass is 294 g/mol. The van der Waals surface area contributed by atoms with Gasteiger partial charge in [0.05, 0.1) is 11.3 Å². The number of aryl methyl sites for hydroxylation is 1. The summed E-state index contributed by atoms with van der Waals surface area (Å²) in [5.41, 5.74) is 7.85. The molecule has 2 rings (SSSR count). The lowest BCUT2D eigenvalue weighted by Gasteiger charge is -2.10. The van der Waals surface area contributed by atoms with Crippen LogP contribution in [0.1, 0.15) is 11.1 Å². The van der Waals surface area contributed by atoms with Crippen molar-refractivity contribution in [3.8, 4) is 17.7 Å². The van der Waals surface area contributed by atoms with Gasteiger partial charge in [-0.25, -0.2) is 4.98 Å². The van der Waals surface area contributed by atoms with Crippen LogP contribution in [0.4, 0.5) is 11.4 Å². The number of nitrogens with zero attached hydrogens (tertiary/aromatic N) is 2. The lowest BCUT2D eigenvalue weighted by Crippen LogP contribution is -2.07. The number of hydrogen-bond acceptors (Lipinski definition) is 5. The van der Waals surface area contributed by atoms with Crippen LogP contribution in [0.15, 0.2) is 43.1 Å². The average molecular weight is 294 g/mol. The number of hydrogen-bond donors (Lipinski definition) is 2. The fraction of sp³-hybridized carbons (Fsp3) is 0.0625. The summed E-state index contributed by atoms with van der Waals surface area (Å²) in [4.78, 5) is 15.4. The SMILES string of the molecule is C=CC(=O)Nc1ccc(Oc2ncc(C)cc2N)c(C#N)c1. The summed E-state index contributed by atoms with van der Waals surface area (Å²) in [6, 6.07) is 8.42. The van der Waals surface area contributed by atoms with Gasteiger partial charge in [0.1, 0.15) is 11.8 Å². The maximum Gasteiger partial charge on any atom is 0.247 e. The van der Waals surface area contributed by atoms with E-state index in [1.165, 1.54) is 6.07 Å². The van der Waals surface area contributed by atoms with Crippen molar-refractivity contribution in [2.24, 2.45) is 0 Å². The largest absolute Gasteiger partial charge is 0.436 e. The first kappa shape index (κ1) is 15.1. The molecule has 110 valence electrons. The van der Waals surface area contributed by atoms with Crippen molar-refractivity contribution < 1.29 is 9.53 Å². The van der Waals surface area contributed by atoms with Crippen LogP contribution in [0.5, 0.6) is 11.6 Å².